The molecular formula is C16H14N2O4S. The van der Waals surface area contributed by atoms with Gasteiger partial charge in [-0.2, -0.15) is 0 Å². The number of thiophene rings is 1. The molecule has 1 heterocycles. The van der Waals surface area contributed by atoms with Crippen molar-refractivity contribution in [3.63, 3.8) is 0 Å². The molecule has 1 aromatic carbocycles. The molecular weight excluding hydrogens is 316 g/mol. The predicted octanol–water partition coefficient (Wildman–Crippen LogP) is 1.77. The highest BCUT2D eigenvalue weighted by Gasteiger charge is 2.08. The van der Waals surface area contributed by atoms with E-state index in [2.05, 4.69) is 10.9 Å². The summed E-state index contributed by atoms with van der Waals surface area (Å²) in [6.45, 7) is -0.483. The molecule has 0 aliphatic heterocycles. The highest BCUT2D eigenvalue weighted by molar-refractivity contribution is 7.10. The molecule has 0 bridgehead atoms. The van der Waals surface area contributed by atoms with Crippen LogP contribution in [-0.4, -0.2) is 24.4 Å². The number of rotatable bonds is 5. The molecule has 0 fully saturated rings. The number of hydrogen-bond acceptors (Lipinski definition) is 5. The van der Waals surface area contributed by atoms with Crippen LogP contribution in [0.4, 0.5) is 0 Å². The largest absolute Gasteiger partial charge is 0.452 e. The second-order valence-corrected chi connectivity index (χ2v) is 5.30. The van der Waals surface area contributed by atoms with Crippen molar-refractivity contribution in [3.05, 3.63) is 64.4 Å². The average molecular weight is 330 g/mol. The van der Waals surface area contributed by atoms with Gasteiger partial charge in [-0.15, -0.1) is 11.3 Å². The Morgan fingerprint density at radius 1 is 1.04 bits per heavy atom. The minimum atomic E-state index is -0.636. The molecule has 6 nitrogen and oxygen atoms in total. The van der Waals surface area contributed by atoms with E-state index in [0.29, 0.717) is 5.56 Å². The molecule has 2 amide bonds. The molecule has 0 atom stereocenters. The molecule has 2 aromatic rings. The molecule has 0 aliphatic rings. The van der Waals surface area contributed by atoms with Gasteiger partial charge in [0.2, 0.25) is 0 Å². The van der Waals surface area contributed by atoms with Gasteiger partial charge in [0.1, 0.15) is 0 Å². The molecule has 0 saturated heterocycles. The first-order valence-corrected chi connectivity index (χ1v) is 7.55. The van der Waals surface area contributed by atoms with Crippen LogP contribution in [-0.2, 0) is 14.3 Å². The van der Waals surface area contributed by atoms with Gasteiger partial charge in [0, 0.05) is 16.5 Å². The number of ether oxygens (including phenoxy) is 1. The van der Waals surface area contributed by atoms with Crippen molar-refractivity contribution >= 4 is 35.2 Å². The fourth-order valence-electron chi connectivity index (χ4n) is 1.55. The summed E-state index contributed by atoms with van der Waals surface area (Å²) in [5.74, 6) is -1.72. The first kappa shape index (κ1) is 16.4. The lowest BCUT2D eigenvalue weighted by Crippen LogP contribution is -2.43. The van der Waals surface area contributed by atoms with Crippen molar-refractivity contribution < 1.29 is 19.1 Å². The van der Waals surface area contributed by atoms with E-state index in [9.17, 15) is 14.4 Å². The Labute approximate surface area is 136 Å². The summed E-state index contributed by atoms with van der Waals surface area (Å²) in [6.07, 6.45) is 2.84. The molecule has 118 valence electrons. The Morgan fingerprint density at radius 2 is 1.83 bits per heavy atom. The second kappa shape index (κ2) is 8.50. The topological polar surface area (TPSA) is 84.5 Å². The van der Waals surface area contributed by atoms with E-state index in [-0.39, 0.29) is 0 Å². The zero-order valence-corrected chi connectivity index (χ0v) is 12.8. The minimum Gasteiger partial charge on any atom is -0.452 e. The Bertz CT molecular complexity index is 696. The van der Waals surface area contributed by atoms with Gasteiger partial charge in [0.05, 0.1) is 0 Å². The fraction of sp³-hybridized carbons (Fsp3) is 0.0625. The summed E-state index contributed by atoms with van der Waals surface area (Å²) in [6, 6.07) is 12.1. The highest BCUT2D eigenvalue weighted by atomic mass is 32.1. The van der Waals surface area contributed by atoms with E-state index in [0.717, 1.165) is 4.88 Å². The van der Waals surface area contributed by atoms with Crippen molar-refractivity contribution in [2.75, 3.05) is 6.61 Å². The second-order valence-electron chi connectivity index (χ2n) is 4.32. The van der Waals surface area contributed by atoms with Crippen molar-refractivity contribution in [2.24, 2.45) is 0 Å². The number of benzene rings is 1. The summed E-state index contributed by atoms with van der Waals surface area (Å²) < 4.78 is 4.76. The highest BCUT2D eigenvalue weighted by Crippen LogP contribution is 2.10. The zero-order chi connectivity index (χ0) is 16.5. The fourth-order valence-corrected chi connectivity index (χ4v) is 2.16. The van der Waals surface area contributed by atoms with Crippen molar-refractivity contribution in [1.29, 1.82) is 0 Å². The molecule has 2 rings (SSSR count). The first-order valence-electron chi connectivity index (χ1n) is 6.68. The molecule has 0 unspecified atom stereocenters. The van der Waals surface area contributed by atoms with Crippen LogP contribution in [0.5, 0.6) is 0 Å². The van der Waals surface area contributed by atoms with Gasteiger partial charge in [-0.3, -0.25) is 20.4 Å². The molecule has 0 saturated carbocycles. The van der Waals surface area contributed by atoms with Crippen LogP contribution < -0.4 is 10.9 Å². The lowest BCUT2D eigenvalue weighted by Gasteiger charge is -2.07. The van der Waals surface area contributed by atoms with Gasteiger partial charge >= 0.3 is 5.97 Å². The predicted molar refractivity (Wildman–Crippen MR) is 86.4 cm³/mol. The Hall–Kier alpha value is -2.93. The molecule has 2 N–H and O–H groups in total. The first-order chi connectivity index (χ1) is 11.1. The van der Waals surface area contributed by atoms with Crippen LogP contribution in [0.1, 0.15) is 15.2 Å². The molecule has 23 heavy (non-hydrogen) atoms. The standard InChI is InChI=1S/C16H14N2O4S/c19-14(17-18-16(21)12-5-2-1-3-6-12)11-22-15(20)9-8-13-7-4-10-23-13/h1-10H,11H2,(H,17,19)(H,18,21). The number of hydrazine groups is 1. The quantitative estimate of drug-likeness (QED) is 0.497. The van der Waals surface area contributed by atoms with Crippen molar-refractivity contribution in [3.8, 4) is 0 Å². The lowest BCUT2D eigenvalue weighted by molar-refractivity contribution is -0.144. The van der Waals surface area contributed by atoms with E-state index in [1.54, 1.807) is 36.4 Å². The summed E-state index contributed by atoms with van der Waals surface area (Å²) in [7, 11) is 0. The van der Waals surface area contributed by atoms with Crippen LogP contribution in [0.2, 0.25) is 0 Å². The minimum absolute atomic E-state index is 0.406. The van der Waals surface area contributed by atoms with Crippen LogP contribution in [0, 0.1) is 0 Å². The Kier molecular flexibility index (Phi) is 6.07. The molecule has 0 aliphatic carbocycles. The SMILES string of the molecule is O=C(COC(=O)C=Cc1cccs1)NNC(=O)c1ccccc1. The molecule has 7 heteroatoms. The van der Waals surface area contributed by atoms with E-state index in [1.165, 1.54) is 17.4 Å². The average Bonchev–Trinajstić information content (AvgIpc) is 3.10. The number of carbonyl (C=O) groups excluding carboxylic acids is 3. The van der Waals surface area contributed by atoms with Crippen molar-refractivity contribution in [2.45, 2.75) is 0 Å². The molecule has 1 aromatic heterocycles. The third-order valence-corrected chi connectivity index (χ3v) is 3.46. The normalized spacial score (nSPS) is 10.3. The number of nitrogens with one attached hydrogen (secondary N) is 2. The molecule has 0 radical (unpaired) electrons. The maximum atomic E-state index is 11.7. The smallest absolute Gasteiger partial charge is 0.331 e. The van der Waals surface area contributed by atoms with Crippen LogP contribution >= 0.6 is 11.3 Å². The van der Waals surface area contributed by atoms with E-state index >= 15 is 0 Å². The monoisotopic (exact) mass is 330 g/mol. The Balaban J connectivity index is 1.69. The summed E-state index contributed by atoms with van der Waals surface area (Å²) >= 11 is 1.48. The van der Waals surface area contributed by atoms with Crippen molar-refractivity contribution in [1.82, 2.24) is 10.9 Å². The maximum Gasteiger partial charge on any atom is 0.331 e. The van der Waals surface area contributed by atoms with Crippen LogP contribution in [0.3, 0.4) is 0 Å². The summed E-state index contributed by atoms with van der Waals surface area (Å²) in [5, 5.41) is 1.88. The van der Waals surface area contributed by atoms with Gasteiger partial charge in [0.25, 0.3) is 11.8 Å². The third kappa shape index (κ3) is 5.76. The lowest BCUT2D eigenvalue weighted by atomic mass is 10.2. The molecule has 0 spiro atoms. The van der Waals surface area contributed by atoms with Gasteiger partial charge in [0.15, 0.2) is 6.61 Å². The maximum absolute atomic E-state index is 11.7. The van der Waals surface area contributed by atoms with E-state index in [1.807, 2.05) is 17.5 Å². The number of carbonyl (C=O) groups is 3. The van der Waals surface area contributed by atoms with Gasteiger partial charge < -0.3 is 4.74 Å². The number of hydrogen-bond donors (Lipinski definition) is 2. The van der Waals surface area contributed by atoms with E-state index < -0.39 is 24.4 Å². The van der Waals surface area contributed by atoms with Crippen LogP contribution in [0.15, 0.2) is 53.9 Å². The third-order valence-electron chi connectivity index (χ3n) is 2.62. The van der Waals surface area contributed by atoms with Gasteiger partial charge in [-0.05, 0) is 29.7 Å². The van der Waals surface area contributed by atoms with Gasteiger partial charge in [-0.25, -0.2) is 4.79 Å². The number of amides is 2. The van der Waals surface area contributed by atoms with E-state index in [4.69, 9.17) is 4.74 Å². The summed E-state index contributed by atoms with van der Waals surface area (Å²) in [5.41, 5.74) is 4.81. The Morgan fingerprint density at radius 3 is 2.52 bits per heavy atom. The summed E-state index contributed by atoms with van der Waals surface area (Å²) in [4.78, 5) is 35.5. The number of esters is 1. The van der Waals surface area contributed by atoms with Gasteiger partial charge in [-0.1, -0.05) is 24.3 Å². The van der Waals surface area contributed by atoms with Crippen LogP contribution in [0.25, 0.3) is 6.08 Å². The zero-order valence-electron chi connectivity index (χ0n) is 12.0.